The number of nitrogens with one attached hydrogen (secondary N) is 1. The van der Waals surface area contributed by atoms with Gasteiger partial charge in [0, 0.05) is 22.9 Å². The van der Waals surface area contributed by atoms with Crippen molar-refractivity contribution in [1.82, 2.24) is 9.38 Å². The lowest BCUT2D eigenvalue weighted by Crippen LogP contribution is -2.10. The number of rotatable bonds is 4. The molecule has 0 spiro atoms. The second-order valence-corrected chi connectivity index (χ2v) is 6.92. The van der Waals surface area contributed by atoms with Gasteiger partial charge in [-0.05, 0) is 42.3 Å². The van der Waals surface area contributed by atoms with Crippen LogP contribution >= 0.6 is 11.6 Å². The van der Waals surface area contributed by atoms with E-state index in [0.717, 1.165) is 22.3 Å². The van der Waals surface area contributed by atoms with Crippen LogP contribution in [0.2, 0.25) is 5.02 Å². The van der Waals surface area contributed by atoms with Crippen molar-refractivity contribution in [2.75, 3.05) is 5.32 Å². The number of carbonyl (C=O) groups excluding carboxylic acids is 1. The smallest absolute Gasteiger partial charge is 0.249 e. The summed E-state index contributed by atoms with van der Waals surface area (Å²) in [5, 5.41) is 3.60. The topological polar surface area (TPSA) is 46.4 Å². The van der Waals surface area contributed by atoms with Crippen molar-refractivity contribution < 1.29 is 4.79 Å². The molecule has 0 saturated carbocycles. The van der Waals surface area contributed by atoms with Crippen molar-refractivity contribution in [3.05, 3.63) is 95.2 Å². The molecule has 0 fully saturated rings. The molecule has 2 aromatic carbocycles. The fourth-order valence-corrected chi connectivity index (χ4v) is 3.19. The number of fused-ring (bicyclic) bond motifs is 1. The highest BCUT2D eigenvalue weighted by Gasteiger charge is 2.16. The van der Waals surface area contributed by atoms with Crippen LogP contribution in [0.4, 0.5) is 5.82 Å². The summed E-state index contributed by atoms with van der Waals surface area (Å²) in [5.41, 5.74) is 4.30. The first-order valence-corrected chi connectivity index (χ1v) is 9.27. The van der Waals surface area contributed by atoms with Crippen molar-refractivity contribution >= 4 is 35.0 Å². The average Bonchev–Trinajstić information content (AvgIpc) is 3.05. The molecule has 2 aromatic heterocycles. The molecule has 2 heterocycles. The van der Waals surface area contributed by atoms with Crippen molar-refractivity contribution in [3.8, 4) is 11.3 Å². The van der Waals surface area contributed by atoms with Gasteiger partial charge in [0.1, 0.15) is 17.2 Å². The Bertz CT molecular complexity index is 1180. The quantitative estimate of drug-likeness (QED) is 0.462. The molecule has 1 amide bonds. The maximum Gasteiger partial charge on any atom is 0.249 e. The van der Waals surface area contributed by atoms with Gasteiger partial charge < -0.3 is 5.32 Å². The summed E-state index contributed by atoms with van der Waals surface area (Å²) < 4.78 is 1.89. The normalized spacial score (nSPS) is 11.2. The highest BCUT2D eigenvalue weighted by atomic mass is 35.5. The number of halogens is 1. The minimum absolute atomic E-state index is 0.226. The van der Waals surface area contributed by atoms with E-state index in [4.69, 9.17) is 16.6 Å². The van der Waals surface area contributed by atoms with Crippen LogP contribution in [0, 0.1) is 6.92 Å². The lowest BCUT2D eigenvalue weighted by atomic mass is 10.1. The minimum atomic E-state index is -0.226. The molecule has 1 N–H and O–H groups in total. The molecule has 28 heavy (non-hydrogen) atoms. The second kappa shape index (κ2) is 7.71. The van der Waals surface area contributed by atoms with Gasteiger partial charge in [-0.2, -0.15) is 0 Å². The van der Waals surface area contributed by atoms with E-state index in [1.807, 2.05) is 84.3 Å². The summed E-state index contributed by atoms with van der Waals surface area (Å²) in [4.78, 5) is 17.3. The van der Waals surface area contributed by atoms with E-state index < -0.39 is 0 Å². The molecule has 0 atom stereocenters. The van der Waals surface area contributed by atoms with Crippen LogP contribution in [0.25, 0.3) is 23.0 Å². The van der Waals surface area contributed by atoms with E-state index in [2.05, 4.69) is 5.32 Å². The van der Waals surface area contributed by atoms with E-state index in [1.54, 1.807) is 6.08 Å². The number of amides is 1. The number of nitrogens with zero attached hydrogens (tertiary/aromatic N) is 2. The number of hydrogen-bond acceptors (Lipinski definition) is 2. The molecule has 0 aliphatic rings. The van der Waals surface area contributed by atoms with E-state index >= 15 is 0 Å². The Morgan fingerprint density at radius 2 is 1.89 bits per heavy atom. The predicted molar refractivity (Wildman–Crippen MR) is 114 cm³/mol. The molecule has 0 radical (unpaired) electrons. The molecule has 0 bridgehead atoms. The molecule has 0 aliphatic heterocycles. The zero-order valence-corrected chi connectivity index (χ0v) is 16.0. The maximum atomic E-state index is 12.6. The van der Waals surface area contributed by atoms with E-state index in [0.29, 0.717) is 16.5 Å². The summed E-state index contributed by atoms with van der Waals surface area (Å²) in [6.45, 7) is 2.00. The number of aromatic nitrogens is 2. The Kier molecular flexibility index (Phi) is 4.96. The highest BCUT2D eigenvalue weighted by Crippen LogP contribution is 2.30. The lowest BCUT2D eigenvalue weighted by Gasteiger charge is -2.07. The van der Waals surface area contributed by atoms with Crippen molar-refractivity contribution in [2.45, 2.75) is 6.92 Å². The van der Waals surface area contributed by atoms with E-state index in [9.17, 15) is 4.79 Å². The first-order chi connectivity index (χ1) is 13.6. The number of benzene rings is 2. The zero-order chi connectivity index (χ0) is 19.5. The Hall–Kier alpha value is -3.37. The third-order valence-electron chi connectivity index (χ3n) is 4.33. The molecule has 4 nitrogen and oxygen atoms in total. The van der Waals surface area contributed by atoms with Crippen LogP contribution < -0.4 is 5.32 Å². The number of anilines is 1. The van der Waals surface area contributed by atoms with Crippen LogP contribution in [-0.4, -0.2) is 15.3 Å². The van der Waals surface area contributed by atoms with Crippen molar-refractivity contribution in [1.29, 1.82) is 0 Å². The lowest BCUT2D eigenvalue weighted by molar-refractivity contribution is -0.111. The van der Waals surface area contributed by atoms with E-state index in [-0.39, 0.29) is 5.91 Å². The fraction of sp³-hybridized carbons (Fsp3) is 0.0435. The first kappa shape index (κ1) is 18.0. The predicted octanol–water partition coefficient (Wildman–Crippen LogP) is 5.62. The van der Waals surface area contributed by atoms with Crippen molar-refractivity contribution in [3.63, 3.8) is 0 Å². The highest BCUT2D eigenvalue weighted by molar-refractivity contribution is 6.30. The number of carbonyl (C=O) groups is 1. The summed E-state index contributed by atoms with van der Waals surface area (Å²) in [7, 11) is 0. The van der Waals surface area contributed by atoms with Crippen LogP contribution in [0.15, 0.2) is 79.0 Å². The largest absolute Gasteiger partial charge is 0.306 e. The Labute approximate surface area is 168 Å². The van der Waals surface area contributed by atoms with Crippen LogP contribution in [-0.2, 0) is 4.79 Å². The summed E-state index contributed by atoms with van der Waals surface area (Å²) in [6.07, 6.45) is 5.25. The Morgan fingerprint density at radius 1 is 1.07 bits per heavy atom. The molecule has 0 aliphatic carbocycles. The molecule has 4 aromatic rings. The third-order valence-corrected chi connectivity index (χ3v) is 4.57. The first-order valence-electron chi connectivity index (χ1n) is 8.89. The molecular formula is C23H18ClN3O. The molecular weight excluding hydrogens is 370 g/mol. The Morgan fingerprint density at radius 3 is 2.68 bits per heavy atom. The van der Waals surface area contributed by atoms with Gasteiger partial charge >= 0.3 is 0 Å². The monoisotopic (exact) mass is 387 g/mol. The van der Waals surface area contributed by atoms with Crippen molar-refractivity contribution in [2.24, 2.45) is 0 Å². The van der Waals surface area contributed by atoms with Gasteiger partial charge in [0.05, 0.1) is 0 Å². The van der Waals surface area contributed by atoms with Crippen LogP contribution in [0.1, 0.15) is 11.1 Å². The SMILES string of the molecule is Cc1ccc2nc(-c3cccc(Cl)c3)c(NC(=O)/C=C/c3ccccc3)n2c1. The zero-order valence-electron chi connectivity index (χ0n) is 15.3. The third kappa shape index (κ3) is 3.82. The summed E-state index contributed by atoms with van der Waals surface area (Å²) in [6, 6.07) is 21.1. The average molecular weight is 388 g/mol. The van der Waals surface area contributed by atoms with E-state index in [1.165, 1.54) is 6.08 Å². The maximum absolute atomic E-state index is 12.6. The van der Waals surface area contributed by atoms with Gasteiger partial charge in [-0.1, -0.05) is 60.1 Å². The number of aryl methyl sites for hydroxylation is 1. The number of pyridine rings is 1. The Balaban J connectivity index is 1.74. The molecule has 138 valence electrons. The van der Waals surface area contributed by atoms with Crippen LogP contribution in [0.3, 0.4) is 0 Å². The van der Waals surface area contributed by atoms with Gasteiger partial charge in [-0.3, -0.25) is 9.20 Å². The number of imidazole rings is 1. The van der Waals surface area contributed by atoms with Gasteiger partial charge in [0.15, 0.2) is 0 Å². The second-order valence-electron chi connectivity index (χ2n) is 6.49. The molecule has 0 unspecified atom stereocenters. The van der Waals surface area contributed by atoms with Gasteiger partial charge in [0.2, 0.25) is 5.91 Å². The number of hydrogen-bond donors (Lipinski definition) is 1. The standard InChI is InChI=1S/C23H18ClN3O/c1-16-10-12-20-25-22(18-8-5-9-19(24)14-18)23(27(20)15-16)26-21(28)13-11-17-6-3-2-4-7-17/h2-15H,1H3,(H,26,28)/b13-11+. The summed E-state index contributed by atoms with van der Waals surface area (Å²) >= 11 is 6.16. The summed E-state index contributed by atoms with van der Waals surface area (Å²) in [5.74, 6) is 0.388. The van der Waals surface area contributed by atoms with Crippen LogP contribution in [0.5, 0.6) is 0 Å². The van der Waals surface area contributed by atoms with Gasteiger partial charge in [-0.15, -0.1) is 0 Å². The molecule has 4 rings (SSSR count). The van der Waals surface area contributed by atoms with Gasteiger partial charge in [0.25, 0.3) is 0 Å². The van der Waals surface area contributed by atoms with Gasteiger partial charge in [-0.25, -0.2) is 4.98 Å². The minimum Gasteiger partial charge on any atom is -0.306 e. The molecule has 0 saturated heterocycles. The molecule has 5 heteroatoms. The fourth-order valence-electron chi connectivity index (χ4n) is 3.00.